The van der Waals surface area contributed by atoms with Crippen LogP contribution in [0.4, 0.5) is 13.2 Å². The number of sulfone groups is 1. The molecule has 0 bridgehead atoms. The maximum Gasteiger partial charge on any atom is 0.416 e. The number of halogens is 3. The predicted molar refractivity (Wildman–Crippen MR) is 103 cm³/mol. The van der Waals surface area contributed by atoms with E-state index in [0.717, 1.165) is 12.1 Å². The normalized spacial score (nSPS) is 12.8. The van der Waals surface area contributed by atoms with Crippen LogP contribution in [0.25, 0.3) is 0 Å². The highest BCUT2D eigenvalue weighted by Crippen LogP contribution is 2.30. The fourth-order valence-corrected chi connectivity index (χ4v) is 3.63. The standard InChI is InChI=1S/C21H23F3O3S/c1-14-11-18(21(22,23)24)10-9-17(14)12-19(25)16-7-5-15(6-8-16)13-28(26,27)20(2,3)4/h5-11H,12-13H2,1-4H3. The van der Waals surface area contributed by atoms with Crippen LogP contribution in [0.1, 0.15) is 53.4 Å². The lowest BCUT2D eigenvalue weighted by Gasteiger charge is -2.19. The van der Waals surface area contributed by atoms with E-state index in [1.807, 2.05) is 0 Å². The van der Waals surface area contributed by atoms with Gasteiger partial charge in [0, 0.05) is 12.0 Å². The zero-order chi connectivity index (χ0) is 21.3. The van der Waals surface area contributed by atoms with Gasteiger partial charge in [-0.15, -0.1) is 0 Å². The van der Waals surface area contributed by atoms with Gasteiger partial charge in [-0.2, -0.15) is 13.2 Å². The van der Waals surface area contributed by atoms with Gasteiger partial charge in [0.2, 0.25) is 0 Å². The van der Waals surface area contributed by atoms with Crippen LogP contribution in [-0.2, 0) is 28.2 Å². The first-order chi connectivity index (χ1) is 12.7. The number of Topliss-reactive ketones (excluding diaryl/α,β-unsaturated/α-hetero) is 1. The van der Waals surface area contributed by atoms with Crippen LogP contribution >= 0.6 is 0 Å². The largest absolute Gasteiger partial charge is 0.416 e. The summed E-state index contributed by atoms with van der Waals surface area (Å²) < 4.78 is 61.9. The maximum absolute atomic E-state index is 12.7. The Kier molecular flexibility index (Phi) is 6.09. The maximum atomic E-state index is 12.7. The number of hydrogen-bond donors (Lipinski definition) is 0. The molecule has 0 saturated carbocycles. The summed E-state index contributed by atoms with van der Waals surface area (Å²) in [7, 11) is -3.33. The monoisotopic (exact) mass is 412 g/mol. The molecule has 0 fully saturated rings. The molecule has 7 heteroatoms. The number of rotatable bonds is 5. The second-order valence-corrected chi connectivity index (χ2v) is 10.6. The molecule has 0 amide bonds. The molecule has 0 spiro atoms. The van der Waals surface area contributed by atoms with Gasteiger partial charge in [-0.05, 0) is 56.5 Å². The highest BCUT2D eigenvalue weighted by atomic mass is 32.2. The SMILES string of the molecule is Cc1cc(C(F)(F)F)ccc1CC(=O)c1ccc(CS(=O)(=O)C(C)(C)C)cc1. The Morgan fingerprint density at radius 1 is 0.964 bits per heavy atom. The van der Waals surface area contributed by atoms with Gasteiger partial charge in [0.15, 0.2) is 15.6 Å². The van der Waals surface area contributed by atoms with E-state index in [1.165, 1.54) is 13.0 Å². The molecule has 2 rings (SSSR count). The molecule has 28 heavy (non-hydrogen) atoms. The Morgan fingerprint density at radius 3 is 2.00 bits per heavy atom. The first kappa shape index (κ1) is 22.1. The van der Waals surface area contributed by atoms with Gasteiger partial charge in [-0.3, -0.25) is 4.79 Å². The van der Waals surface area contributed by atoms with Gasteiger partial charge in [0.05, 0.1) is 16.1 Å². The topological polar surface area (TPSA) is 51.2 Å². The third-order valence-corrected chi connectivity index (χ3v) is 7.17. The lowest BCUT2D eigenvalue weighted by atomic mass is 9.97. The summed E-state index contributed by atoms with van der Waals surface area (Å²) >= 11 is 0. The number of ketones is 1. The van der Waals surface area contributed by atoms with Crippen molar-refractivity contribution in [2.45, 2.75) is 50.8 Å². The van der Waals surface area contributed by atoms with Crippen molar-refractivity contribution in [1.82, 2.24) is 0 Å². The highest BCUT2D eigenvalue weighted by molar-refractivity contribution is 7.91. The molecule has 0 N–H and O–H groups in total. The fourth-order valence-electron chi connectivity index (χ4n) is 2.57. The van der Waals surface area contributed by atoms with E-state index in [2.05, 4.69) is 0 Å². The molecule has 0 saturated heterocycles. The quantitative estimate of drug-likeness (QED) is 0.638. The molecule has 0 aromatic heterocycles. The van der Waals surface area contributed by atoms with Crippen molar-refractivity contribution in [3.63, 3.8) is 0 Å². The number of carbonyl (C=O) groups is 1. The van der Waals surface area contributed by atoms with E-state index in [1.54, 1.807) is 45.0 Å². The summed E-state index contributed by atoms with van der Waals surface area (Å²) in [4.78, 5) is 12.5. The first-order valence-corrected chi connectivity index (χ1v) is 10.4. The molecular formula is C21H23F3O3S. The zero-order valence-corrected chi connectivity index (χ0v) is 17.0. The Balaban J connectivity index is 2.14. The summed E-state index contributed by atoms with van der Waals surface area (Å²) in [6, 6.07) is 9.61. The van der Waals surface area contributed by atoms with Crippen molar-refractivity contribution < 1.29 is 26.4 Å². The molecule has 0 heterocycles. The van der Waals surface area contributed by atoms with E-state index in [-0.39, 0.29) is 18.0 Å². The van der Waals surface area contributed by atoms with Crippen molar-refractivity contribution in [2.75, 3.05) is 0 Å². The van der Waals surface area contributed by atoms with E-state index in [0.29, 0.717) is 22.3 Å². The predicted octanol–water partition coefficient (Wildman–Crippen LogP) is 5.15. The van der Waals surface area contributed by atoms with Gasteiger partial charge in [0.25, 0.3) is 0 Å². The van der Waals surface area contributed by atoms with Crippen LogP contribution in [0.3, 0.4) is 0 Å². The van der Waals surface area contributed by atoms with E-state index in [9.17, 15) is 26.4 Å². The van der Waals surface area contributed by atoms with Crippen molar-refractivity contribution >= 4 is 15.6 Å². The first-order valence-electron chi connectivity index (χ1n) is 8.72. The number of aryl methyl sites for hydroxylation is 1. The van der Waals surface area contributed by atoms with Crippen molar-refractivity contribution in [1.29, 1.82) is 0 Å². The average Bonchev–Trinajstić information content (AvgIpc) is 2.55. The van der Waals surface area contributed by atoms with E-state index < -0.39 is 26.3 Å². The van der Waals surface area contributed by atoms with E-state index >= 15 is 0 Å². The summed E-state index contributed by atoms with van der Waals surface area (Å²) in [5.41, 5.74) is 1.15. The molecule has 0 aliphatic carbocycles. The van der Waals surface area contributed by atoms with Gasteiger partial charge >= 0.3 is 6.18 Å². The second kappa shape index (κ2) is 7.70. The molecule has 2 aromatic rings. The van der Waals surface area contributed by atoms with Crippen LogP contribution < -0.4 is 0 Å². The molecule has 152 valence electrons. The molecule has 0 atom stereocenters. The van der Waals surface area contributed by atoms with Crippen LogP contribution in [0.5, 0.6) is 0 Å². The van der Waals surface area contributed by atoms with Gasteiger partial charge in [0.1, 0.15) is 0 Å². The van der Waals surface area contributed by atoms with E-state index in [4.69, 9.17) is 0 Å². The Morgan fingerprint density at radius 2 is 1.54 bits per heavy atom. The molecule has 3 nitrogen and oxygen atoms in total. The number of carbonyl (C=O) groups excluding carboxylic acids is 1. The van der Waals surface area contributed by atoms with Gasteiger partial charge in [-0.1, -0.05) is 30.3 Å². The van der Waals surface area contributed by atoms with Crippen molar-refractivity contribution in [3.8, 4) is 0 Å². The summed E-state index contributed by atoms with van der Waals surface area (Å²) in [5, 5.41) is 0. The summed E-state index contributed by atoms with van der Waals surface area (Å²) in [6.45, 7) is 6.43. The Bertz CT molecular complexity index is 967. The third-order valence-electron chi connectivity index (χ3n) is 4.59. The molecular weight excluding hydrogens is 389 g/mol. The Hall–Kier alpha value is -2.15. The number of benzene rings is 2. The minimum Gasteiger partial charge on any atom is -0.294 e. The number of hydrogen-bond acceptors (Lipinski definition) is 3. The molecule has 0 aliphatic heterocycles. The third kappa shape index (κ3) is 5.22. The van der Waals surface area contributed by atoms with Crippen LogP contribution in [-0.4, -0.2) is 18.9 Å². The second-order valence-electron chi connectivity index (χ2n) is 7.81. The summed E-state index contributed by atoms with van der Waals surface area (Å²) in [5.74, 6) is -0.365. The fraction of sp³-hybridized carbons (Fsp3) is 0.381. The minimum atomic E-state index is -4.42. The smallest absolute Gasteiger partial charge is 0.294 e. The van der Waals surface area contributed by atoms with Gasteiger partial charge in [-0.25, -0.2) is 8.42 Å². The van der Waals surface area contributed by atoms with Crippen molar-refractivity contribution in [2.24, 2.45) is 0 Å². The summed E-state index contributed by atoms with van der Waals surface area (Å²) in [6.07, 6.45) is -4.44. The lowest BCUT2D eigenvalue weighted by Crippen LogP contribution is -2.29. The Labute approximate surface area is 163 Å². The van der Waals surface area contributed by atoms with Gasteiger partial charge < -0.3 is 0 Å². The zero-order valence-electron chi connectivity index (χ0n) is 16.2. The molecule has 0 aliphatic rings. The highest BCUT2D eigenvalue weighted by Gasteiger charge is 2.31. The molecule has 0 radical (unpaired) electrons. The molecule has 2 aromatic carbocycles. The van der Waals surface area contributed by atoms with Crippen LogP contribution in [0.2, 0.25) is 0 Å². The minimum absolute atomic E-state index is 0.0242. The average molecular weight is 412 g/mol. The molecule has 0 unspecified atom stereocenters. The van der Waals surface area contributed by atoms with Crippen LogP contribution in [0, 0.1) is 6.92 Å². The lowest BCUT2D eigenvalue weighted by molar-refractivity contribution is -0.137. The van der Waals surface area contributed by atoms with Crippen molar-refractivity contribution in [3.05, 3.63) is 70.3 Å². The van der Waals surface area contributed by atoms with Crippen LogP contribution in [0.15, 0.2) is 42.5 Å². The number of alkyl halides is 3.